The van der Waals surface area contributed by atoms with Crippen molar-refractivity contribution in [1.29, 1.82) is 0 Å². The Bertz CT molecular complexity index is 1390. The first-order valence-electron chi connectivity index (χ1n) is 11.6. The van der Waals surface area contributed by atoms with Gasteiger partial charge in [-0.2, -0.15) is 4.98 Å². The molecule has 1 fully saturated rings. The molecule has 2 aromatic carbocycles. The Morgan fingerprint density at radius 3 is 2.60 bits per heavy atom. The monoisotopic (exact) mass is 493 g/mol. The lowest BCUT2D eigenvalue weighted by Gasteiger charge is -2.37. The number of halogens is 1. The van der Waals surface area contributed by atoms with Gasteiger partial charge in [0.15, 0.2) is 0 Å². The van der Waals surface area contributed by atoms with Crippen molar-refractivity contribution in [3.8, 4) is 0 Å². The molecule has 1 aliphatic rings. The van der Waals surface area contributed by atoms with Crippen LogP contribution in [0.15, 0.2) is 48.8 Å². The summed E-state index contributed by atoms with van der Waals surface area (Å²) in [6, 6.07) is 14.0. The number of amides is 1. The number of carbonyl (C=O) groups is 1. The molecule has 0 spiro atoms. The first-order valence-corrected chi connectivity index (χ1v) is 11.9. The molecule has 0 atom stereocenters. The minimum atomic E-state index is -0.494. The summed E-state index contributed by atoms with van der Waals surface area (Å²) in [6.07, 6.45) is 1.38. The van der Waals surface area contributed by atoms with Crippen LogP contribution in [0.1, 0.15) is 20.8 Å². The number of fused-ring (bicyclic) bond motifs is 3. The fourth-order valence-corrected chi connectivity index (χ4v) is 4.44. The highest BCUT2D eigenvalue weighted by Crippen LogP contribution is 2.33. The van der Waals surface area contributed by atoms with Crippen LogP contribution in [0.3, 0.4) is 0 Å². The van der Waals surface area contributed by atoms with Gasteiger partial charge in [-0.05, 0) is 57.2 Å². The van der Waals surface area contributed by atoms with Gasteiger partial charge in [0.25, 0.3) is 5.78 Å². The number of anilines is 3. The van der Waals surface area contributed by atoms with E-state index in [-0.39, 0.29) is 6.09 Å². The maximum Gasteiger partial charge on any atom is 0.410 e. The molecule has 1 amide bonds. The lowest BCUT2D eigenvalue weighted by atomic mass is 10.2. The third kappa shape index (κ3) is 4.68. The largest absolute Gasteiger partial charge is 0.444 e. The van der Waals surface area contributed by atoms with Crippen molar-refractivity contribution >= 4 is 51.6 Å². The average molecular weight is 494 g/mol. The Morgan fingerprint density at radius 2 is 1.86 bits per heavy atom. The fraction of sp³-hybridized carbons (Fsp3) is 0.360. The number of carbonyl (C=O) groups excluding carboxylic acids is 1. The fourth-order valence-electron chi connectivity index (χ4n) is 4.27. The van der Waals surface area contributed by atoms with E-state index in [0.717, 1.165) is 41.2 Å². The van der Waals surface area contributed by atoms with Crippen molar-refractivity contribution in [2.45, 2.75) is 26.4 Å². The number of hydrogen-bond donors (Lipinski definition) is 0. The van der Waals surface area contributed by atoms with Gasteiger partial charge in [-0.15, -0.1) is 10.2 Å². The van der Waals surface area contributed by atoms with E-state index in [9.17, 15) is 4.79 Å². The summed E-state index contributed by atoms with van der Waals surface area (Å²) >= 11 is 6.28. The summed E-state index contributed by atoms with van der Waals surface area (Å²) in [5.74, 6) is 1.28. The Morgan fingerprint density at radius 1 is 1.09 bits per heavy atom. The quantitative estimate of drug-likeness (QED) is 0.407. The van der Waals surface area contributed by atoms with Crippen LogP contribution >= 0.6 is 11.6 Å². The van der Waals surface area contributed by atoms with E-state index in [2.05, 4.69) is 33.3 Å². The van der Waals surface area contributed by atoms with Gasteiger partial charge in [0, 0.05) is 55.0 Å². The molecule has 0 radical (unpaired) electrons. The van der Waals surface area contributed by atoms with Crippen LogP contribution in [0, 0.1) is 0 Å². The molecule has 0 saturated carbocycles. The molecule has 10 heteroatoms. The van der Waals surface area contributed by atoms with Crippen LogP contribution in [-0.4, -0.2) is 69.4 Å². The van der Waals surface area contributed by atoms with Crippen LogP contribution < -0.4 is 9.80 Å². The third-order valence-electron chi connectivity index (χ3n) is 6.03. The van der Waals surface area contributed by atoms with E-state index < -0.39 is 5.60 Å². The van der Waals surface area contributed by atoms with E-state index in [0.29, 0.717) is 23.9 Å². The Hall–Kier alpha value is -3.59. The maximum atomic E-state index is 12.4. The maximum absolute atomic E-state index is 12.4. The van der Waals surface area contributed by atoms with Gasteiger partial charge >= 0.3 is 6.09 Å². The summed E-state index contributed by atoms with van der Waals surface area (Å²) in [5.41, 5.74) is 2.48. The van der Waals surface area contributed by atoms with Gasteiger partial charge in [-0.1, -0.05) is 17.7 Å². The van der Waals surface area contributed by atoms with Crippen molar-refractivity contribution in [3.05, 3.63) is 53.8 Å². The highest BCUT2D eigenvalue weighted by molar-refractivity contribution is 6.31. The zero-order valence-electron chi connectivity index (χ0n) is 20.3. The second-order valence-electron chi connectivity index (χ2n) is 9.63. The van der Waals surface area contributed by atoms with E-state index in [1.165, 1.54) is 0 Å². The number of piperazine rings is 1. The molecule has 1 saturated heterocycles. The molecule has 0 N–H and O–H groups in total. The molecule has 1 aliphatic heterocycles. The molecular formula is C25H28ClN7O2. The van der Waals surface area contributed by atoms with Crippen molar-refractivity contribution in [3.63, 3.8) is 0 Å². The van der Waals surface area contributed by atoms with Gasteiger partial charge in [0.2, 0.25) is 0 Å². The number of nitrogens with zero attached hydrogens (tertiary/aromatic N) is 7. The van der Waals surface area contributed by atoms with Crippen LogP contribution in [0.2, 0.25) is 5.02 Å². The molecular weight excluding hydrogens is 466 g/mol. The lowest BCUT2D eigenvalue weighted by molar-refractivity contribution is 0.0240. The molecule has 5 rings (SSSR count). The normalized spacial score (nSPS) is 14.5. The predicted molar refractivity (Wildman–Crippen MR) is 138 cm³/mol. The molecule has 2 aromatic heterocycles. The standard InChI is InChI=1S/C25H28ClN7O2/c1-25(2,3)35-24(34)32-12-10-31(11-13-32)19-7-5-6-18(15-19)30(4)22-20-9-8-17(26)14-21(20)33-16-27-29-23(33)28-22/h5-9,14-16H,10-13H2,1-4H3. The second kappa shape index (κ2) is 8.88. The number of ether oxygens (including phenoxy) is 1. The Balaban J connectivity index is 1.39. The summed E-state index contributed by atoms with van der Waals surface area (Å²) in [4.78, 5) is 23.3. The zero-order valence-corrected chi connectivity index (χ0v) is 21.0. The van der Waals surface area contributed by atoms with Crippen LogP contribution in [0.5, 0.6) is 0 Å². The van der Waals surface area contributed by atoms with Crippen molar-refractivity contribution in [2.75, 3.05) is 43.0 Å². The number of benzene rings is 2. The minimum absolute atomic E-state index is 0.257. The van der Waals surface area contributed by atoms with Crippen molar-refractivity contribution in [1.82, 2.24) is 24.5 Å². The van der Waals surface area contributed by atoms with E-state index in [1.807, 2.05) is 61.4 Å². The van der Waals surface area contributed by atoms with Gasteiger partial charge < -0.3 is 19.4 Å². The minimum Gasteiger partial charge on any atom is -0.444 e. The van der Waals surface area contributed by atoms with Gasteiger partial charge in [-0.3, -0.25) is 4.40 Å². The van der Waals surface area contributed by atoms with Gasteiger partial charge in [0.1, 0.15) is 17.7 Å². The summed E-state index contributed by atoms with van der Waals surface area (Å²) in [6.45, 7) is 8.36. The molecule has 0 unspecified atom stereocenters. The highest BCUT2D eigenvalue weighted by atomic mass is 35.5. The molecule has 9 nitrogen and oxygen atoms in total. The number of hydrogen-bond acceptors (Lipinski definition) is 7. The predicted octanol–water partition coefficient (Wildman–Crippen LogP) is 4.76. The van der Waals surface area contributed by atoms with Gasteiger partial charge in [0.05, 0.1) is 5.52 Å². The molecule has 0 aliphatic carbocycles. The van der Waals surface area contributed by atoms with E-state index in [4.69, 9.17) is 21.3 Å². The number of aromatic nitrogens is 4. The Labute approximate surface area is 208 Å². The first kappa shape index (κ1) is 23.2. The molecule has 4 aromatic rings. The topological polar surface area (TPSA) is 79.1 Å². The molecule has 0 bridgehead atoms. The molecule has 35 heavy (non-hydrogen) atoms. The summed E-state index contributed by atoms with van der Waals surface area (Å²) in [5, 5.41) is 9.75. The summed E-state index contributed by atoms with van der Waals surface area (Å²) < 4.78 is 7.35. The van der Waals surface area contributed by atoms with Gasteiger partial charge in [-0.25, -0.2) is 4.79 Å². The highest BCUT2D eigenvalue weighted by Gasteiger charge is 2.26. The third-order valence-corrected chi connectivity index (χ3v) is 6.26. The second-order valence-corrected chi connectivity index (χ2v) is 10.1. The summed E-state index contributed by atoms with van der Waals surface area (Å²) in [7, 11) is 1.99. The number of rotatable bonds is 3. The van der Waals surface area contributed by atoms with E-state index in [1.54, 1.807) is 11.2 Å². The van der Waals surface area contributed by atoms with Crippen LogP contribution in [-0.2, 0) is 4.74 Å². The molecule has 182 valence electrons. The molecule has 3 heterocycles. The first-order chi connectivity index (χ1) is 16.7. The average Bonchev–Trinajstić information content (AvgIpc) is 3.31. The van der Waals surface area contributed by atoms with Crippen LogP contribution in [0.25, 0.3) is 16.7 Å². The SMILES string of the molecule is CN(c1cccc(N2CCN(C(=O)OC(C)(C)C)CC2)c1)c1nc2nncn2c2cc(Cl)ccc12. The smallest absolute Gasteiger partial charge is 0.410 e. The van der Waals surface area contributed by atoms with Crippen molar-refractivity contribution in [2.24, 2.45) is 0 Å². The zero-order chi connectivity index (χ0) is 24.7. The van der Waals surface area contributed by atoms with Crippen LogP contribution in [0.4, 0.5) is 22.0 Å². The Kier molecular flexibility index (Phi) is 5.88. The van der Waals surface area contributed by atoms with E-state index >= 15 is 0 Å². The van der Waals surface area contributed by atoms with Crippen molar-refractivity contribution < 1.29 is 9.53 Å². The lowest BCUT2D eigenvalue weighted by Crippen LogP contribution is -2.50.